The number of benzene rings is 1. The highest BCUT2D eigenvalue weighted by molar-refractivity contribution is 6.31. The van der Waals surface area contributed by atoms with Gasteiger partial charge < -0.3 is 5.11 Å². The highest BCUT2D eigenvalue weighted by Crippen LogP contribution is 2.34. The minimum absolute atomic E-state index is 0.502. The van der Waals surface area contributed by atoms with Gasteiger partial charge in [0.1, 0.15) is 5.60 Å². The molecule has 2 rings (SSSR count). The first-order valence-electron chi connectivity index (χ1n) is 6.89. The number of hydrogen-bond donors (Lipinski definition) is 1. The number of rotatable bonds is 4. The average molecular weight is 293 g/mol. The Kier molecular flexibility index (Phi) is 4.21. The van der Waals surface area contributed by atoms with Gasteiger partial charge in [-0.15, -0.1) is 0 Å². The second-order valence-electron chi connectivity index (χ2n) is 5.51. The molecule has 0 bridgehead atoms. The fraction of sp³-hybridized carbons (Fsp3) is 0.438. The van der Waals surface area contributed by atoms with Crippen LogP contribution in [0.25, 0.3) is 0 Å². The molecule has 0 saturated carbocycles. The van der Waals surface area contributed by atoms with Gasteiger partial charge in [-0.1, -0.05) is 47.9 Å². The number of halogens is 1. The second-order valence-corrected chi connectivity index (χ2v) is 5.92. The van der Waals surface area contributed by atoms with Crippen molar-refractivity contribution in [3.8, 4) is 0 Å². The highest BCUT2D eigenvalue weighted by Gasteiger charge is 2.32. The molecule has 4 heteroatoms. The van der Waals surface area contributed by atoms with E-state index in [1.807, 2.05) is 26.0 Å². The smallest absolute Gasteiger partial charge is 0.130 e. The van der Waals surface area contributed by atoms with Gasteiger partial charge in [-0.05, 0) is 32.8 Å². The predicted molar refractivity (Wildman–Crippen MR) is 82.1 cm³/mol. The van der Waals surface area contributed by atoms with Crippen molar-refractivity contribution in [1.82, 2.24) is 9.78 Å². The molecule has 0 aliphatic rings. The normalized spacial score (nSPS) is 14.3. The number of aromatic nitrogens is 2. The summed E-state index contributed by atoms with van der Waals surface area (Å²) < 4.78 is 1.79. The first-order chi connectivity index (χ1) is 9.36. The molecule has 3 nitrogen and oxygen atoms in total. The number of hydrogen-bond acceptors (Lipinski definition) is 2. The molecule has 0 aliphatic heterocycles. The third-order valence-electron chi connectivity index (χ3n) is 3.48. The van der Waals surface area contributed by atoms with Crippen LogP contribution in [0.5, 0.6) is 0 Å². The first-order valence-corrected chi connectivity index (χ1v) is 7.27. The van der Waals surface area contributed by atoms with Crippen molar-refractivity contribution >= 4 is 11.6 Å². The monoisotopic (exact) mass is 292 g/mol. The van der Waals surface area contributed by atoms with Crippen LogP contribution in [0.4, 0.5) is 0 Å². The zero-order valence-electron chi connectivity index (χ0n) is 12.4. The fourth-order valence-corrected chi connectivity index (χ4v) is 2.95. The second kappa shape index (κ2) is 5.58. The van der Waals surface area contributed by atoms with Gasteiger partial charge in [0.15, 0.2) is 0 Å². The largest absolute Gasteiger partial charge is 0.379 e. The van der Waals surface area contributed by atoms with E-state index in [4.69, 9.17) is 11.6 Å². The summed E-state index contributed by atoms with van der Waals surface area (Å²) >= 11 is 6.25. The van der Waals surface area contributed by atoms with Gasteiger partial charge in [0.05, 0.1) is 16.9 Å². The van der Waals surface area contributed by atoms with Crippen molar-refractivity contribution < 1.29 is 5.11 Å². The van der Waals surface area contributed by atoms with E-state index in [0.29, 0.717) is 10.7 Å². The van der Waals surface area contributed by atoms with Gasteiger partial charge in [-0.2, -0.15) is 5.10 Å². The van der Waals surface area contributed by atoms with Crippen LogP contribution in [-0.4, -0.2) is 14.9 Å². The first kappa shape index (κ1) is 15.1. The predicted octanol–water partition coefficient (Wildman–Crippen LogP) is 3.82. The minimum Gasteiger partial charge on any atom is -0.379 e. The van der Waals surface area contributed by atoms with Gasteiger partial charge >= 0.3 is 0 Å². The van der Waals surface area contributed by atoms with Crippen molar-refractivity contribution in [3.63, 3.8) is 0 Å². The summed E-state index contributed by atoms with van der Waals surface area (Å²) in [4.78, 5) is 0. The summed E-state index contributed by atoms with van der Waals surface area (Å²) in [6.45, 7) is 8.64. The maximum atomic E-state index is 11.0. The summed E-state index contributed by atoms with van der Waals surface area (Å²) in [6.07, 6.45) is 2.54. The lowest BCUT2D eigenvalue weighted by atomic mass is 9.90. The van der Waals surface area contributed by atoms with Crippen LogP contribution in [0.15, 0.2) is 24.4 Å². The van der Waals surface area contributed by atoms with Crippen molar-refractivity contribution in [2.24, 2.45) is 0 Å². The van der Waals surface area contributed by atoms with Gasteiger partial charge in [0.25, 0.3) is 0 Å². The SMILES string of the molecule is CCCn1ncc(Cl)c1C(C)(O)c1cc(C)cc(C)c1. The van der Waals surface area contributed by atoms with Crippen LogP contribution < -0.4 is 0 Å². The van der Waals surface area contributed by atoms with Crippen molar-refractivity contribution in [1.29, 1.82) is 0 Å². The fourth-order valence-electron chi connectivity index (χ4n) is 2.62. The van der Waals surface area contributed by atoms with E-state index >= 15 is 0 Å². The lowest BCUT2D eigenvalue weighted by Gasteiger charge is -2.26. The van der Waals surface area contributed by atoms with E-state index in [0.717, 1.165) is 29.7 Å². The Morgan fingerprint density at radius 3 is 2.40 bits per heavy atom. The van der Waals surface area contributed by atoms with Crippen LogP contribution >= 0.6 is 11.6 Å². The van der Waals surface area contributed by atoms with Crippen LogP contribution in [0.2, 0.25) is 5.02 Å². The molecular weight excluding hydrogens is 272 g/mol. The van der Waals surface area contributed by atoms with E-state index in [-0.39, 0.29) is 0 Å². The van der Waals surface area contributed by atoms with Crippen LogP contribution in [0.1, 0.15) is 42.7 Å². The molecule has 0 saturated heterocycles. The Labute approximate surface area is 125 Å². The van der Waals surface area contributed by atoms with Crippen molar-refractivity contribution in [2.75, 3.05) is 0 Å². The molecule has 0 amide bonds. The van der Waals surface area contributed by atoms with Gasteiger partial charge in [-0.3, -0.25) is 4.68 Å². The number of nitrogens with zero attached hydrogens (tertiary/aromatic N) is 2. The molecule has 1 N–H and O–H groups in total. The Morgan fingerprint density at radius 1 is 1.25 bits per heavy atom. The van der Waals surface area contributed by atoms with Gasteiger partial charge in [0.2, 0.25) is 0 Å². The molecule has 0 fully saturated rings. The summed E-state index contributed by atoms with van der Waals surface area (Å²) in [5, 5.41) is 15.8. The standard InChI is InChI=1S/C16H21ClN2O/c1-5-6-19-15(14(17)10-18-19)16(4,20)13-8-11(2)7-12(3)9-13/h7-10,20H,5-6H2,1-4H3. The van der Waals surface area contributed by atoms with Gasteiger partial charge in [-0.25, -0.2) is 0 Å². The van der Waals surface area contributed by atoms with Crippen LogP contribution in [-0.2, 0) is 12.1 Å². The van der Waals surface area contributed by atoms with Crippen molar-refractivity contribution in [3.05, 3.63) is 51.8 Å². The van der Waals surface area contributed by atoms with E-state index in [1.54, 1.807) is 17.8 Å². The third kappa shape index (κ3) is 2.74. The summed E-state index contributed by atoms with van der Waals surface area (Å²) in [6, 6.07) is 6.07. The molecule has 1 aromatic heterocycles. The van der Waals surface area contributed by atoms with Gasteiger partial charge in [0, 0.05) is 6.54 Å². The number of aliphatic hydroxyl groups is 1. The Hall–Kier alpha value is -1.32. The molecular formula is C16H21ClN2O. The maximum Gasteiger partial charge on any atom is 0.130 e. The minimum atomic E-state index is -1.15. The van der Waals surface area contributed by atoms with Crippen LogP contribution in [0, 0.1) is 13.8 Å². The molecule has 0 aliphatic carbocycles. The Morgan fingerprint density at radius 2 is 1.85 bits per heavy atom. The molecule has 1 unspecified atom stereocenters. The van der Waals surface area contributed by atoms with E-state index in [9.17, 15) is 5.11 Å². The molecule has 2 aromatic rings. The van der Waals surface area contributed by atoms with E-state index in [2.05, 4.69) is 18.1 Å². The van der Waals surface area contributed by atoms with E-state index in [1.165, 1.54) is 0 Å². The molecule has 1 heterocycles. The molecule has 1 atom stereocenters. The van der Waals surface area contributed by atoms with Crippen molar-refractivity contribution in [2.45, 2.75) is 46.3 Å². The molecule has 108 valence electrons. The highest BCUT2D eigenvalue weighted by atomic mass is 35.5. The zero-order chi connectivity index (χ0) is 14.9. The molecule has 20 heavy (non-hydrogen) atoms. The van der Waals surface area contributed by atoms with Crippen LogP contribution in [0.3, 0.4) is 0 Å². The molecule has 1 aromatic carbocycles. The quantitative estimate of drug-likeness (QED) is 0.930. The molecule has 0 radical (unpaired) electrons. The maximum absolute atomic E-state index is 11.0. The summed E-state index contributed by atoms with van der Waals surface area (Å²) in [5.74, 6) is 0. The molecule has 0 spiro atoms. The third-order valence-corrected chi connectivity index (χ3v) is 3.75. The Balaban J connectivity index is 2.56. The Bertz CT molecular complexity index is 597. The summed E-state index contributed by atoms with van der Waals surface area (Å²) in [5.41, 5.74) is 2.59. The zero-order valence-corrected chi connectivity index (χ0v) is 13.2. The van der Waals surface area contributed by atoms with E-state index < -0.39 is 5.60 Å². The number of aryl methyl sites for hydroxylation is 3. The topological polar surface area (TPSA) is 38.0 Å². The average Bonchev–Trinajstić information content (AvgIpc) is 2.70. The lowest BCUT2D eigenvalue weighted by molar-refractivity contribution is 0.0914. The summed E-state index contributed by atoms with van der Waals surface area (Å²) in [7, 11) is 0. The lowest BCUT2D eigenvalue weighted by Crippen LogP contribution is -2.27.